The molecule has 3 aromatic rings. The van der Waals surface area contributed by atoms with Crippen LogP contribution in [-0.2, 0) is 6.18 Å². The average Bonchev–Trinajstić information content (AvgIpc) is 3.37. The van der Waals surface area contributed by atoms with Gasteiger partial charge in [0.2, 0.25) is 0 Å². The molecule has 0 spiro atoms. The van der Waals surface area contributed by atoms with E-state index in [1.165, 1.54) is 0 Å². The zero-order chi connectivity index (χ0) is 23.2. The van der Waals surface area contributed by atoms with E-state index in [-0.39, 0.29) is 40.6 Å². The highest BCUT2D eigenvalue weighted by Gasteiger charge is 2.49. The number of carbonyl (C=O) groups is 1. The first-order chi connectivity index (χ1) is 15.8. The Morgan fingerprint density at radius 3 is 2.58 bits per heavy atom. The van der Waals surface area contributed by atoms with Crippen molar-refractivity contribution in [2.75, 3.05) is 5.32 Å². The van der Waals surface area contributed by atoms with Gasteiger partial charge in [-0.05, 0) is 43.5 Å². The molecular formula is C22H18ClF3N6O. The predicted octanol–water partition coefficient (Wildman–Crippen LogP) is 4.46. The third-order valence-corrected chi connectivity index (χ3v) is 6.37. The minimum atomic E-state index is -4.52. The minimum Gasteiger partial charge on any atom is -0.364 e. The van der Waals surface area contributed by atoms with E-state index in [4.69, 9.17) is 11.6 Å². The maximum atomic E-state index is 13.5. The van der Waals surface area contributed by atoms with Gasteiger partial charge in [0.1, 0.15) is 11.5 Å². The van der Waals surface area contributed by atoms with Gasteiger partial charge in [-0.3, -0.25) is 9.78 Å². The summed E-state index contributed by atoms with van der Waals surface area (Å²) >= 11 is 6.07. The first kappa shape index (κ1) is 21.6. The van der Waals surface area contributed by atoms with Crippen LogP contribution in [0.15, 0.2) is 49.1 Å². The minimum absolute atomic E-state index is 0.0141. The van der Waals surface area contributed by atoms with Crippen LogP contribution < -0.4 is 5.32 Å². The van der Waals surface area contributed by atoms with Crippen LogP contribution in [0.2, 0.25) is 5.02 Å². The van der Waals surface area contributed by atoms with Gasteiger partial charge in [0.15, 0.2) is 5.82 Å². The Labute approximate surface area is 192 Å². The van der Waals surface area contributed by atoms with Crippen molar-refractivity contribution in [1.29, 1.82) is 0 Å². The number of halogens is 4. The van der Waals surface area contributed by atoms with E-state index in [9.17, 15) is 18.0 Å². The van der Waals surface area contributed by atoms with Crippen molar-refractivity contribution in [2.24, 2.45) is 0 Å². The molecule has 2 saturated heterocycles. The topological polar surface area (TPSA) is 83.9 Å². The molecule has 7 nitrogen and oxygen atoms in total. The number of nitrogens with one attached hydrogen (secondary N) is 1. The third kappa shape index (κ3) is 3.99. The lowest BCUT2D eigenvalue weighted by atomic mass is 9.95. The molecule has 0 radical (unpaired) electrons. The van der Waals surface area contributed by atoms with Gasteiger partial charge in [-0.2, -0.15) is 13.2 Å². The van der Waals surface area contributed by atoms with Crippen LogP contribution in [0.1, 0.15) is 35.3 Å². The third-order valence-electron chi connectivity index (χ3n) is 6.08. The number of hydrogen-bond acceptors (Lipinski definition) is 6. The molecular weight excluding hydrogens is 457 g/mol. The fraction of sp³-hybridized carbons (Fsp3) is 0.318. The number of nitrogens with zero attached hydrogens (tertiary/aromatic N) is 5. The molecule has 11 heteroatoms. The van der Waals surface area contributed by atoms with Crippen molar-refractivity contribution in [3.63, 3.8) is 0 Å². The monoisotopic (exact) mass is 474 g/mol. The maximum Gasteiger partial charge on any atom is 0.417 e. The Hall–Kier alpha value is -3.27. The summed E-state index contributed by atoms with van der Waals surface area (Å²) in [5.41, 5.74) is -0.0908. The van der Waals surface area contributed by atoms with Crippen molar-refractivity contribution in [1.82, 2.24) is 24.8 Å². The number of fused-ring (bicyclic) bond motifs is 2. The van der Waals surface area contributed by atoms with Gasteiger partial charge >= 0.3 is 6.18 Å². The zero-order valence-electron chi connectivity index (χ0n) is 17.1. The van der Waals surface area contributed by atoms with E-state index in [2.05, 4.69) is 25.3 Å². The molecule has 5 rings (SSSR count). The standard InChI is InChI=1S/C22H18ClF3N6O/c23-15-9-12(22(24,25)26)11-30-20(15)31-16-10-13-4-5-17(16)32(13)21(33)18-14(3-1-6-27-18)19-28-7-2-8-29-19/h1-3,6-9,11,13,16-17H,4-5,10H2,(H,30,31)/t13-,16-,17+/m1/s1. The molecule has 3 atom stereocenters. The zero-order valence-corrected chi connectivity index (χ0v) is 17.9. The highest BCUT2D eigenvalue weighted by atomic mass is 35.5. The molecule has 0 aromatic carbocycles. The van der Waals surface area contributed by atoms with E-state index in [1.54, 1.807) is 36.8 Å². The lowest BCUT2D eigenvalue weighted by Gasteiger charge is -2.26. The van der Waals surface area contributed by atoms with Crippen molar-refractivity contribution >= 4 is 23.3 Å². The Morgan fingerprint density at radius 1 is 1.09 bits per heavy atom. The first-order valence-electron chi connectivity index (χ1n) is 10.4. The van der Waals surface area contributed by atoms with Crippen LogP contribution >= 0.6 is 11.6 Å². The second-order valence-electron chi connectivity index (χ2n) is 8.02. The number of amides is 1. The molecule has 0 aliphatic carbocycles. The fourth-order valence-corrected chi connectivity index (χ4v) is 4.87. The van der Waals surface area contributed by atoms with E-state index in [0.717, 1.165) is 25.1 Å². The van der Waals surface area contributed by atoms with Gasteiger partial charge in [-0.1, -0.05) is 11.6 Å². The molecule has 2 aliphatic heterocycles. The van der Waals surface area contributed by atoms with Crippen LogP contribution in [0.5, 0.6) is 0 Å². The molecule has 2 fully saturated rings. The second-order valence-corrected chi connectivity index (χ2v) is 8.43. The first-order valence-corrected chi connectivity index (χ1v) is 10.7. The highest BCUT2D eigenvalue weighted by molar-refractivity contribution is 6.33. The Morgan fingerprint density at radius 2 is 1.85 bits per heavy atom. The number of alkyl halides is 3. The van der Waals surface area contributed by atoms with E-state index in [1.807, 2.05) is 4.90 Å². The van der Waals surface area contributed by atoms with Crippen molar-refractivity contribution in [3.8, 4) is 11.4 Å². The van der Waals surface area contributed by atoms with Gasteiger partial charge in [-0.15, -0.1) is 0 Å². The van der Waals surface area contributed by atoms with Crippen LogP contribution in [0.3, 0.4) is 0 Å². The fourth-order valence-electron chi connectivity index (χ4n) is 4.65. The van der Waals surface area contributed by atoms with Crippen molar-refractivity contribution in [2.45, 2.75) is 43.6 Å². The molecule has 2 aliphatic rings. The van der Waals surface area contributed by atoms with Crippen molar-refractivity contribution < 1.29 is 18.0 Å². The molecule has 3 aromatic heterocycles. The van der Waals surface area contributed by atoms with Gasteiger partial charge in [0, 0.05) is 36.9 Å². The quantitative estimate of drug-likeness (QED) is 0.601. The summed E-state index contributed by atoms with van der Waals surface area (Å²) in [6, 6.07) is 5.67. The summed E-state index contributed by atoms with van der Waals surface area (Å²) in [7, 11) is 0. The Balaban J connectivity index is 1.38. The predicted molar refractivity (Wildman–Crippen MR) is 115 cm³/mol. The average molecular weight is 475 g/mol. The van der Waals surface area contributed by atoms with Gasteiger partial charge in [-0.25, -0.2) is 15.0 Å². The lowest BCUT2D eigenvalue weighted by molar-refractivity contribution is -0.137. The number of pyridine rings is 2. The van der Waals surface area contributed by atoms with E-state index < -0.39 is 11.7 Å². The summed E-state index contributed by atoms with van der Waals surface area (Å²) in [5, 5.41) is 3.04. The summed E-state index contributed by atoms with van der Waals surface area (Å²) in [4.78, 5) is 32.0. The summed E-state index contributed by atoms with van der Waals surface area (Å²) in [6.45, 7) is 0. The smallest absolute Gasteiger partial charge is 0.364 e. The van der Waals surface area contributed by atoms with Crippen molar-refractivity contribution in [3.05, 3.63) is 65.3 Å². The van der Waals surface area contributed by atoms with Gasteiger partial charge < -0.3 is 10.2 Å². The highest BCUT2D eigenvalue weighted by Crippen LogP contribution is 2.41. The van der Waals surface area contributed by atoms with Crippen LogP contribution in [-0.4, -0.2) is 48.9 Å². The molecule has 170 valence electrons. The van der Waals surface area contributed by atoms with E-state index >= 15 is 0 Å². The number of carbonyl (C=O) groups excluding carboxylic acids is 1. The molecule has 33 heavy (non-hydrogen) atoms. The Kier molecular flexibility index (Phi) is 5.40. The largest absolute Gasteiger partial charge is 0.417 e. The molecule has 5 heterocycles. The number of hydrogen-bond donors (Lipinski definition) is 1. The van der Waals surface area contributed by atoms with Gasteiger partial charge in [0.05, 0.1) is 22.2 Å². The number of rotatable bonds is 4. The number of anilines is 1. The molecule has 1 N–H and O–H groups in total. The summed E-state index contributed by atoms with van der Waals surface area (Å²) in [6.07, 6.45) is 3.23. The van der Waals surface area contributed by atoms with Crippen LogP contribution in [0, 0.1) is 0 Å². The lowest BCUT2D eigenvalue weighted by Crippen LogP contribution is -2.40. The maximum absolute atomic E-state index is 13.5. The molecule has 1 amide bonds. The molecule has 2 bridgehead atoms. The van der Waals surface area contributed by atoms with Crippen LogP contribution in [0.25, 0.3) is 11.4 Å². The summed E-state index contributed by atoms with van der Waals surface area (Å²) in [5.74, 6) is 0.364. The molecule has 0 saturated carbocycles. The van der Waals surface area contributed by atoms with Crippen LogP contribution in [0.4, 0.5) is 19.0 Å². The Bertz CT molecular complexity index is 1190. The number of aromatic nitrogens is 4. The molecule has 0 unspecified atom stereocenters. The SMILES string of the molecule is O=C(c1ncccc1-c1ncccn1)N1[C@@H]2CC[C@H]1[C@H](Nc1ncc(C(F)(F)F)cc1Cl)C2. The summed E-state index contributed by atoms with van der Waals surface area (Å²) < 4.78 is 38.7. The normalized spacial score (nSPS) is 21.9. The van der Waals surface area contributed by atoms with Gasteiger partial charge in [0.25, 0.3) is 5.91 Å². The van der Waals surface area contributed by atoms with E-state index in [0.29, 0.717) is 17.8 Å². The second kappa shape index (κ2) is 8.26.